The highest BCUT2D eigenvalue weighted by molar-refractivity contribution is 5.84. The van der Waals surface area contributed by atoms with E-state index < -0.39 is 0 Å². The lowest BCUT2D eigenvalue weighted by molar-refractivity contribution is -0.124. The summed E-state index contributed by atoms with van der Waals surface area (Å²) in [5, 5.41) is 1.34. The summed E-state index contributed by atoms with van der Waals surface area (Å²) in [5.74, 6) is 1.50. The number of aromatic amines is 1. The minimum Gasteiger partial charge on any atom is -0.350 e. The first-order valence-electron chi connectivity index (χ1n) is 10.9. The summed E-state index contributed by atoms with van der Waals surface area (Å²) in [7, 11) is 2.11. The lowest BCUT2D eigenvalue weighted by Crippen LogP contribution is -2.36. The molecule has 154 valence electrons. The van der Waals surface area contributed by atoms with Gasteiger partial charge in [-0.1, -0.05) is 30.3 Å². The minimum atomic E-state index is 0.193. The Kier molecular flexibility index (Phi) is 5.13. The molecule has 2 aromatic carbocycles. The second-order valence-corrected chi connectivity index (χ2v) is 8.50. The normalized spacial score (nSPS) is 15.9. The van der Waals surface area contributed by atoms with E-state index in [0.717, 1.165) is 49.3 Å². The van der Waals surface area contributed by atoms with Crippen LogP contribution in [0, 0.1) is 5.92 Å². The molecule has 0 spiro atoms. The molecule has 0 saturated carbocycles. The van der Waals surface area contributed by atoms with Crippen molar-refractivity contribution in [2.24, 2.45) is 13.0 Å². The monoisotopic (exact) mass is 400 g/mol. The molecule has 5 nitrogen and oxygen atoms in total. The number of nitrogens with one attached hydrogen (secondary N) is 1. The number of para-hydroxylation sites is 3. The highest BCUT2D eigenvalue weighted by Crippen LogP contribution is 2.25. The molecule has 5 rings (SSSR count). The zero-order valence-electron chi connectivity index (χ0n) is 17.5. The summed E-state index contributed by atoms with van der Waals surface area (Å²) in [4.78, 5) is 23.2. The van der Waals surface area contributed by atoms with Crippen LogP contribution in [0.15, 0.2) is 54.7 Å². The van der Waals surface area contributed by atoms with Crippen molar-refractivity contribution in [1.29, 1.82) is 0 Å². The molecule has 0 atom stereocenters. The number of benzene rings is 2. The molecular weight excluding hydrogens is 372 g/mol. The predicted octanol–water partition coefficient (Wildman–Crippen LogP) is 4.47. The Morgan fingerprint density at radius 3 is 2.70 bits per heavy atom. The van der Waals surface area contributed by atoms with Gasteiger partial charge in [0.1, 0.15) is 11.6 Å². The van der Waals surface area contributed by atoms with Gasteiger partial charge in [0.25, 0.3) is 0 Å². The van der Waals surface area contributed by atoms with E-state index in [-0.39, 0.29) is 5.92 Å². The SMILES string of the molecule is Cn1cc(CN2CCC(C(=O)CCc3nc4ccccc4[nH]3)CC2)c2ccccc21. The average Bonchev–Trinajstić information content (AvgIpc) is 3.33. The molecule has 30 heavy (non-hydrogen) atoms. The molecule has 0 radical (unpaired) electrons. The molecule has 3 heterocycles. The maximum absolute atomic E-state index is 12.8. The molecule has 0 aliphatic carbocycles. The summed E-state index contributed by atoms with van der Waals surface area (Å²) >= 11 is 0. The number of aromatic nitrogens is 3. The highest BCUT2D eigenvalue weighted by Gasteiger charge is 2.25. The topological polar surface area (TPSA) is 53.9 Å². The summed E-state index contributed by atoms with van der Waals surface area (Å²) in [5.41, 5.74) is 4.68. The lowest BCUT2D eigenvalue weighted by Gasteiger charge is -2.31. The first-order chi connectivity index (χ1) is 14.7. The predicted molar refractivity (Wildman–Crippen MR) is 120 cm³/mol. The summed E-state index contributed by atoms with van der Waals surface area (Å²) < 4.78 is 2.21. The zero-order chi connectivity index (χ0) is 20.5. The lowest BCUT2D eigenvalue weighted by atomic mass is 9.90. The molecular formula is C25H28N4O. The second kappa shape index (κ2) is 8.07. The van der Waals surface area contributed by atoms with E-state index in [1.807, 2.05) is 24.3 Å². The second-order valence-electron chi connectivity index (χ2n) is 8.50. The number of hydrogen-bond acceptors (Lipinski definition) is 3. The maximum atomic E-state index is 12.8. The van der Waals surface area contributed by atoms with Crippen molar-refractivity contribution in [2.75, 3.05) is 13.1 Å². The third-order valence-corrected chi connectivity index (χ3v) is 6.46. The fraction of sp³-hybridized carbons (Fsp3) is 0.360. The van der Waals surface area contributed by atoms with Crippen LogP contribution in [0.2, 0.25) is 0 Å². The Morgan fingerprint density at radius 1 is 1.10 bits per heavy atom. The number of Topliss-reactive ketones (excluding diaryl/α,β-unsaturated/α-hetero) is 1. The van der Waals surface area contributed by atoms with Gasteiger partial charge in [0.2, 0.25) is 0 Å². The summed E-state index contributed by atoms with van der Waals surface area (Å²) in [6, 6.07) is 16.6. The van der Waals surface area contributed by atoms with Crippen molar-refractivity contribution in [2.45, 2.75) is 32.2 Å². The Hall–Kier alpha value is -2.92. The largest absolute Gasteiger partial charge is 0.350 e. The number of hydrogen-bond donors (Lipinski definition) is 1. The van der Waals surface area contributed by atoms with Crippen molar-refractivity contribution in [3.05, 3.63) is 66.1 Å². The molecule has 2 aromatic heterocycles. The van der Waals surface area contributed by atoms with E-state index in [1.54, 1.807) is 0 Å². The van der Waals surface area contributed by atoms with Crippen LogP contribution in [0.4, 0.5) is 0 Å². The van der Waals surface area contributed by atoms with Gasteiger partial charge < -0.3 is 9.55 Å². The Morgan fingerprint density at radius 2 is 1.87 bits per heavy atom. The van der Waals surface area contributed by atoms with E-state index in [0.29, 0.717) is 18.6 Å². The van der Waals surface area contributed by atoms with Crippen LogP contribution in [-0.4, -0.2) is 38.3 Å². The number of ketones is 1. The van der Waals surface area contributed by atoms with Gasteiger partial charge in [-0.05, 0) is 49.7 Å². The molecule has 1 saturated heterocycles. The van der Waals surface area contributed by atoms with Gasteiger partial charge in [-0.3, -0.25) is 9.69 Å². The van der Waals surface area contributed by atoms with Crippen LogP contribution in [0.3, 0.4) is 0 Å². The average molecular weight is 401 g/mol. The smallest absolute Gasteiger partial charge is 0.136 e. The van der Waals surface area contributed by atoms with E-state index >= 15 is 0 Å². The van der Waals surface area contributed by atoms with E-state index in [4.69, 9.17) is 0 Å². The van der Waals surface area contributed by atoms with Crippen LogP contribution in [0.5, 0.6) is 0 Å². The van der Waals surface area contributed by atoms with Gasteiger partial charge in [0.15, 0.2) is 0 Å². The summed E-state index contributed by atoms with van der Waals surface area (Å²) in [6.07, 6.45) is 5.44. The van der Waals surface area contributed by atoms with Crippen molar-refractivity contribution >= 4 is 27.7 Å². The maximum Gasteiger partial charge on any atom is 0.136 e. The van der Waals surface area contributed by atoms with Gasteiger partial charge in [-0.15, -0.1) is 0 Å². The molecule has 1 N–H and O–H groups in total. The van der Waals surface area contributed by atoms with Gasteiger partial charge in [-0.25, -0.2) is 4.98 Å². The number of H-pyrrole nitrogens is 1. The zero-order valence-corrected chi connectivity index (χ0v) is 17.5. The fourth-order valence-corrected chi connectivity index (χ4v) is 4.78. The Balaban J connectivity index is 1.15. The quantitative estimate of drug-likeness (QED) is 0.520. The van der Waals surface area contributed by atoms with Crippen molar-refractivity contribution in [1.82, 2.24) is 19.4 Å². The van der Waals surface area contributed by atoms with Crippen LogP contribution < -0.4 is 0 Å². The van der Waals surface area contributed by atoms with Crippen molar-refractivity contribution in [3.63, 3.8) is 0 Å². The van der Waals surface area contributed by atoms with Gasteiger partial charge in [0.05, 0.1) is 11.0 Å². The van der Waals surface area contributed by atoms with Crippen LogP contribution in [0.25, 0.3) is 21.9 Å². The van der Waals surface area contributed by atoms with E-state index in [1.165, 1.54) is 16.5 Å². The molecule has 5 heteroatoms. The number of piperidine rings is 1. The number of nitrogens with zero attached hydrogens (tertiary/aromatic N) is 3. The van der Waals surface area contributed by atoms with Crippen molar-refractivity contribution < 1.29 is 4.79 Å². The Labute approximate surface area is 176 Å². The van der Waals surface area contributed by atoms with Gasteiger partial charge in [0, 0.05) is 49.5 Å². The molecule has 0 unspecified atom stereocenters. The molecule has 1 fully saturated rings. The third-order valence-electron chi connectivity index (χ3n) is 6.46. The first kappa shape index (κ1) is 19.1. The van der Waals surface area contributed by atoms with Crippen LogP contribution in [0.1, 0.15) is 30.7 Å². The number of carbonyl (C=O) groups is 1. The fourth-order valence-electron chi connectivity index (χ4n) is 4.78. The molecule has 0 amide bonds. The standard InChI is InChI=1S/C25H28N4O/c1-28-16-19(20-6-2-5-9-23(20)28)17-29-14-12-18(13-15-29)24(30)10-11-25-26-21-7-3-4-8-22(21)27-25/h2-9,16,18H,10-15,17H2,1H3,(H,26,27). The number of likely N-dealkylation sites (tertiary alicyclic amines) is 1. The number of imidazole rings is 1. The molecule has 1 aliphatic rings. The molecule has 1 aliphatic heterocycles. The molecule has 0 bridgehead atoms. The third kappa shape index (κ3) is 3.77. The number of carbonyl (C=O) groups excluding carboxylic acids is 1. The van der Waals surface area contributed by atoms with Crippen LogP contribution >= 0.6 is 0 Å². The Bertz CT molecular complexity index is 1150. The number of aryl methyl sites for hydroxylation is 2. The van der Waals surface area contributed by atoms with E-state index in [2.05, 4.69) is 56.9 Å². The van der Waals surface area contributed by atoms with Crippen LogP contribution in [-0.2, 0) is 24.8 Å². The summed E-state index contributed by atoms with van der Waals surface area (Å²) in [6.45, 7) is 2.94. The minimum absolute atomic E-state index is 0.193. The van der Waals surface area contributed by atoms with E-state index in [9.17, 15) is 4.79 Å². The first-order valence-corrected chi connectivity index (χ1v) is 10.9. The highest BCUT2D eigenvalue weighted by atomic mass is 16.1. The van der Waals surface area contributed by atoms with Gasteiger partial charge >= 0.3 is 0 Å². The number of fused-ring (bicyclic) bond motifs is 2. The number of rotatable bonds is 6. The molecule has 4 aromatic rings. The van der Waals surface area contributed by atoms with Gasteiger partial charge in [-0.2, -0.15) is 0 Å². The van der Waals surface area contributed by atoms with Crippen molar-refractivity contribution in [3.8, 4) is 0 Å².